The van der Waals surface area contributed by atoms with Crippen molar-refractivity contribution in [3.8, 4) is 44.9 Å². The summed E-state index contributed by atoms with van der Waals surface area (Å²) in [6, 6.07) is 43.6. The number of hydrogen-bond acceptors (Lipinski definition) is 6. The summed E-state index contributed by atoms with van der Waals surface area (Å²) in [6.45, 7) is 0. The van der Waals surface area contributed by atoms with Crippen LogP contribution < -0.4 is 0 Å². The van der Waals surface area contributed by atoms with Crippen molar-refractivity contribution in [2.45, 2.75) is 0 Å². The lowest BCUT2D eigenvalue weighted by molar-refractivity contribution is 0.651. The van der Waals surface area contributed by atoms with E-state index in [0.29, 0.717) is 17.1 Å². The Morgan fingerprint density at radius 3 is 2.02 bits per heavy atom. The van der Waals surface area contributed by atoms with Crippen LogP contribution in [0.4, 0.5) is 0 Å². The molecule has 0 saturated heterocycles. The van der Waals surface area contributed by atoms with E-state index in [-0.39, 0.29) is 0 Å². The molecule has 10 aromatic rings. The minimum absolute atomic E-state index is 0.549. The van der Waals surface area contributed by atoms with E-state index in [2.05, 4.69) is 99.3 Å². The van der Waals surface area contributed by atoms with Gasteiger partial charge < -0.3 is 4.42 Å². The zero-order valence-corrected chi connectivity index (χ0v) is 25.4. The van der Waals surface area contributed by atoms with Gasteiger partial charge in [-0.15, -0.1) is 0 Å². The molecule has 48 heavy (non-hydrogen) atoms. The summed E-state index contributed by atoms with van der Waals surface area (Å²) in [7, 11) is 0. The van der Waals surface area contributed by atoms with E-state index in [0.717, 1.165) is 77.6 Å². The van der Waals surface area contributed by atoms with Crippen LogP contribution in [0, 0.1) is 0 Å². The molecule has 0 spiro atoms. The number of pyridine rings is 3. The largest absolute Gasteiger partial charge is 0.434 e. The summed E-state index contributed by atoms with van der Waals surface area (Å²) in [4.78, 5) is 24.3. The van der Waals surface area contributed by atoms with Gasteiger partial charge in [-0.1, -0.05) is 103 Å². The summed E-state index contributed by atoms with van der Waals surface area (Å²) in [5, 5.41) is 3.00. The lowest BCUT2D eigenvalue weighted by Gasteiger charge is -2.10. The van der Waals surface area contributed by atoms with E-state index in [1.54, 1.807) is 6.20 Å². The van der Waals surface area contributed by atoms with Gasteiger partial charge >= 0.3 is 0 Å². The fourth-order valence-electron chi connectivity index (χ4n) is 6.56. The van der Waals surface area contributed by atoms with Crippen LogP contribution in [0.15, 0.2) is 150 Å². The number of furan rings is 1. The smallest absolute Gasteiger partial charge is 0.229 e. The van der Waals surface area contributed by atoms with E-state index in [4.69, 9.17) is 19.4 Å². The van der Waals surface area contributed by atoms with Crippen molar-refractivity contribution in [2.75, 3.05) is 0 Å². The highest BCUT2D eigenvalue weighted by Crippen LogP contribution is 2.36. The molecule has 0 aliphatic heterocycles. The van der Waals surface area contributed by atoms with Gasteiger partial charge in [0.15, 0.2) is 17.1 Å². The van der Waals surface area contributed by atoms with Gasteiger partial charge in [0.05, 0.1) is 17.3 Å². The zero-order chi connectivity index (χ0) is 31.6. The topological polar surface area (TPSA) is 82.0 Å². The maximum atomic E-state index is 5.98. The molecular weight excluding hydrogens is 592 g/mol. The maximum absolute atomic E-state index is 5.98. The first kappa shape index (κ1) is 26.5. The van der Waals surface area contributed by atoms with Gasteiger partial charge in [-0.3, -0.25) is 4.40 Å². The molecule has 0 radical (unpaired) electrons. The Bertz CT molecular complexity index is 2820. The highest BCUT2D eigenvalue weighted by atomic mass is 16.3. The Kier molecular flexibility index (Phi) is 5.74. The maximum Gasteiger partial charge on any atom is 0.229 e. The monoisotopic (exact) mass is 616 g/mol. The zero-order valence-electron chi connectivity index (χ0n) is 25.4. The van der Waals surface area contributed by atoms with Crippen LogP contribution in [-0.4, -0.2) is 29.3 Å². The van der Waals surface area contributed by atoms with Gasteiger partial charge in [0.1, 0.15) is 16.7 Å². The summed E-state index contributed by atoms with van der Waals surface area (Å²) >= 11 is 0. The van der Waals surface area contributed by atoms with Crippen LogP contribution in [0.2, 0.25) is 0 Å². The average molecular weight is 617 g/mol. The first-order valence-electron chi connectivity index (χ1n) is 15.7. The van der Waals surface area contributed by atoms with Crippen LogP contribution in [0.1, 0.15) is 0 Å². The molecule has 224 valence electrons. The van der Waals surface area contributed by atoms with E-state index >= 15 is 0 Å². The Balaban J connectivity index is 1.06. The molecular formula is C41H24N6O. The van der Waals surface area contributed by atoms with Crippen molar-refractivity contribution in [1.29, 1.82) is 0 Å². The highest BCUT2D eigenvalue weighted by Gasteiger charge is 2.17. The second-order valence-electron chi connectivity index (χ2n) is 11.8. The Hall–Kier alpha value is -6.73. The molecule has 0 amide bonds. The van der Waals surface area contributed by atoms with Gasteiger partial charge in [-0.05, 0) is 41.0 Å². The third-order valence-corrected chi connectivity index (χ3v) is 8.95. The molecule has 6 aromatic heterocycles. The number of rotatable bonds is 4. The fourth-order valence-corrected chi connectivity index (χ4v) is 6.56. The highest BCUT2D eigenvalue weighted by molar-refractivity contribution is 6.10. The van der Waals surface area contributed by atoms with Gasteiger partial charge in [-0.2, -0.15) is 0 Å². The third kappa shape index (κ3) is 4.18. The number of fused-ring (bicyclic) bond motifs is 8. The second-order valence-corrected chi connectivity index (χ2v) is 11.8. The normalized spacial score (nSPS) is 11.8. The summed E-state index contributed by atoms with van der Waals surface area (Å²) in [5.74, 6) is 0.630. The average Bonchev–Trinajstić information content (AvgIpc) is 3.73. The predicted octanol–water partition coefficient (Wildman–Crippen LogP) is 9.79. The van der Waals surface area contributed by atoms with Crippen LogP contribution in [0.25, 0.3) is 94.7 Å². The van der Waals surface area contributed by atoms with Crippen molar-refractivity contribution >= 4 is 49.8 Å². The van der Waals surface area contributed by atoms with E-state index < -0.39 is 0 Å². The molecule has 0 bridgehead atoms. The molecule has 10 rings (SSSR count). The van der Waals surface area contributed by atoms with E-state index in [1.807, 2.05) is 54.9 Å². The molecule has 7 nitrogen and oxygen atoms in total. The molecule has 0 aliphatic carbocycles. The summed E-state index contributed by atoms with van der Waals surface area (Å²) in [6.07, 6.45) is 5.58. The number of imidazole rings is 1. The summed E-state index contributed by atoms with van der Waals surface area (Å²) in [5.41, 5.74) is 11.7. The fraction of sp³-hybridized carbons (Fsp3) is 0. The standard InChI is InChI=1S/C41H24N6O/c1-3-9-25(10-4-1)30-22-33-37-34(48-41(33)43-23-30)24-42-39(45-37)28-16-14-26(15-17-28)29-18-19-31-32(21-29)36(27-11-5-2-6-12-27)46-40-38(31)44-35-13-7-8-20-47(35)40/h1-24H. The Labute approximate surface area is 273 Å². The minimum atomic E-state index is 0.549. The molecule has 0 unspecified atom stereocenters. The Morgan fingerprint density at radius 1 is 0.479 bits per heavy atom. The molecule has 6 heterocycles. The molecule has 0 fully saturated rings. The molecule has 7 heteroatoms. The molecule has 0 saturated carbocycles. The molecule has 0 N–H and O–H groups in total. The quantitative estimate of drug-likeness (QED) is 0.196. The lowest BCUT2D eigenvalue weighted by Crippen LogP contribution is -1.92. The van der Waals surface area contributed by atoms with Crippen LogP contribution >= 0.6 is 0 Å². The molecule has 0 atom stereocenters. The van der Waals surface area contributed by atoms with Crippen LogP contribution in [0.5, 0.6) is 0 Å². The van der Waals surface area contributed by atoms with Crippen LogP contribution in [-0.2, 0) is 0 Å². The van der Waals surface area contributed by atoms with Gasteiger partial charge in [0.25, 0.3) is 0 Å². The number of benzene rings is 4. The minimum Gasteiger partial charge on any atom is -0.434 e. The first-order valence-corrected chi connectivity index (χ1v) is 15.7. The number of nitrogens with zero attached hydrogens (tertiary/aromatic N) is 6. The molecule has 0 aliphatic rings. The summed E-state index contributed by atoms with van der Waals surface area (Å²) < 4.78 is 8.04. The van der Waals surface area contributed by atoms with Gasteiger partial charge in [0, 0.05) is 39.9 Å². The predicted molar refractivity (Wildman–Crippen MR) is 190 cm³/mol. The van der Waals surface area contributed by atoms with E-state index in [9.17, 15) is 0 Å². The van der Waals surface area contributed by atoms with Crippen molar-refractivity contribution in [2.24, 2.45) is 0 Å². The SMILES string of the molecule is c1ccc(-c2cnc3oc4cnc(-c5ccc(-c6ccc7c(c6)c(-c6ccccc6)nc6c7nc7ccccn76)cc5)nc4c3c2)cc1. The third-order valence-electron chi connectivity index (χ3n) is 8.95. The van der Waals surface area contributed by atoms with Crippen molar-refractivity contribution in [3.05, 3.63) is 146 Å². The van der Waals surface area contributed by atoms with Crippen molar-refractivity contribution < 1.29 is 4.42 Å². The first-order chi connectivity index (χ1) is 23.8. The number of aromatic nitrogens is 6. The van der Waals surface area contributed by atoms with E-state index in [1.165, 1.54) is 0 Å². The number of hydrogen-bond donors (Lipinski definition) is 0. The van der Waals surface area contributed by atoms with Crippen molar-refractivity contribution in [1.82, 2.24) is 29.3 Å². The Morgan fingerprint density at radius 2 is 1.19 bits per heavy atom. The lowest BCUT2D eigenvalue weighted by atomic mass is 9.97. The molecule has 4 aromatic carbocycles. The van der Waals surface area contributed by atoms with Gasteiger partial charge in [0.2, 0.25) is 5.71 Å². The van der Waals surface area contributed by atoms with Gasteiger partial charge in [-0.25, -0.2) is 24.9 Å². The second kappa shape index (κ2) is 10.4. The van der Waals surface area contributed by atoms with Crippen LogP contribution in [0.3, 0.4) is 0 Å². The van der Waals surface area contributed by atoms with Crippen molar-refractivity contribution in [3.63, 3.8) is 0 Å².